The molecule has 0 saturated heterocycles. The van der Waals surface area contributed by atoms with Gasteiger partial charge in [0.2, 0.25) is 0 Å². The van der Waals surface area contributed by atoms with E-state index in [1.807, 2.05) is 0 Å². The molecule has 2 amide bonds. The Balaban J connectivity index is 2.73. The fourth-order valence-electron chi connectivity index (χ4n) is 1.03. The van der Waals surface area contributed by atoms with Crippen molar-refractivity contribution in [2.75, 3.05) is 5.32 Å². The molecule has 1 aromatic heterocycles. The van der Waals surface area contributed by atoms with Crippen molar-refractivity contribution in [3.05, 3.63) is 17.0 Å². The highest BCUT2D eigenvalue weighted by Crippen LogP contribution is 2.23. The van der Waals surface area contributed by atoms with Crippen LogP contribution in [0.25, 0.3) is 0 Å². The third-order valence-electron chi connectivity index (χ3n) is 1.91. The first kappa shape index (κ1) is 13.1. The van der Waals surface area contributed by atoms with Crippen LogP contribution in [0, 0.1) is 12.3 Å². The zero-order chi connectivity index (χ0) is 13.1. The summed E-state index contributed by atoms with van der Waals surface area (Å²) in [5.41, 5.74) is -0.728. The Morgan fingerprint density at radius 3 is 2.71 bits per heavy atom. The number of aromatic carboxylic acids is 1. The summed E-state index contributed by atoms with van der Waals surface area (Å²) in [4.78, 5) is 22.4. The van der Waals surface area contributed by atoms with E-state index in [0.29, 0.717) is 0 Å². The van der Waals surface area contributed by atoms with Gasteiger partial charge in [0.15, 0.2) is 0 Å². The first-order chi connectivity index (χ1) is 7.85. The average Bonchev–Trinajstić information content (AvgIpc) is 2.65. The molecule has 1 rings (SSSR count). The Bertz CT molecular complexity index is 485. The summed E-state index contributed by atoms with van der Waals surface area (Å²) < 4.78 is 0. The van der Waals surface area contributed by atoms with E-state index >= 15 is 0 Å². The van der Waals surface area contributed by atoms with Crippen molar-refractivity contribution in [2.24, 2.45) is 0 Å². The Morgan fingerprint density at radius 1 is 1.53 bits per heavy atom. The molecule has 0 bridgehead atoms. The average molecular weight is 252 g/mol. The van der Waals surface area contributed by atoms with Crippen LogP contribution in [0.4, 0.5) is 9.80 Å². The van der Waals surface area contributed by atoms with Crippen molar-refractivity contribution >= 4 is 28.3 Å². The van der Waals surface area contributed by atoms with E-state index in [2.05, 4.69) is 16.6 Å². The van der Waals surface area contributed by atoms with E-state index < -0.39 is 17.5 Å². The number of hydrogen-bond donors (Lipinski definition) is 3. The number of amides is 2. The number of terminal acetylenes is 1. The van der Waals surface area contributed by atoms with E-state index in [1.54, 1.807) is 19.2 Å². The molecule has 0 aromatic carbocycles. The molecule has 0 aliphatic heterocycles. The minimum atomic E-state index is -1.09. The van der Waals surface area contributed by atoms with Gasteiger partial charge < -0.3 is 10.4 Å². The summed E-state index contributed by atoms with van der Waals surface area (Å²) in [6.07, 6.45) is 5.22. The monoisotopic (exact) mass is 252 g/mol. The number of hydrogen-bond acceptors (Lipinski definition) is 3. The summed E-state index contributed by atoms with van der Waals surface area (Å²) in [6, 6.07) is 0.896. The maximum atomic E-state index is 11.6. The molecule has 0 saturated carbocycles. The largest absolute Gasteiger partial charge is 0.478 e. The lowest BCUT2D eigenvalue weighted by atomic mass is 10.1. The van der Waals surface area contributed by atoms with Crippen LogP contribution in [-0.4, -0.2) is 22.6 Å². The summed E-state index contributed by atoms with van der Waals surface area (Å²) in [7, 11) is 0. The van der Waals surface area contributed by atoms with Gasteiger partial charge in [0.1, 0.15) is 5.00 Å². The number of carboxylic acid groups (broad SMARTS) is 1. The molecule has 0 fully saturated rings. The molecule has 90 valence electrons. The van der Waals surface area contributed by atoms with Gasteiger partial charge in [-0.2, -0.15) is 0 Å². The van der Waals surface area contributed by atoms with Gasteiger partial charge in [0.25, 0.3) is 0 Å². The Morgan fingerprint density at radius 2 is 2.18 bits per heavy atom. The highest BCUT2D eigenvalue weighted by atomic mass is 32.1. The normalized spacial score (nSPS) is 10.4. The van der Waals surface area contributed by atoms with Crippen LogP contribution in [-0.2, 0) is 0 Å². The van der Waals surface area contributed by atoms with E-state index in [9.17, 15) is 9.59 Å². The van der Waals surface area contributed by atoms with Crippen LogP contribution in [0.5, 0.6) is 0 Å². The third kappa shape index (κ3) is 3.50. The minimum Gasteiger partial charge on any atom is -0.478 e. The molecule has 3 N–H and O–H groups in total. The highest BCUT2D eigenvalue weighted by Gasteiger charge is 2.19. The van der Waals surface area contributed by atoms with Gasteiger partial charge in [-0.1, -0.05) is 5.92 Å². The molecule has 17 heavy (non-hydrogen) atoms. The molecule has 6 heteroatoms. The van der Waals surface area contributed by atoms with Crippen molar-refractivity contribution in [3.63, 3.8) is 0 Å². The highest BCUT2D eigenvalue weighted by molar-refractivity contribution is 7.14. The maximum Gasteiger partial charge on any atom is 0.338 e. The molecule has 0 radical (unpaired) electrons. The molecule has 0 atom stereocenters. The van der Waals surface area contributed by atoms with Crippen molar-refractivity contribution < 1.29 is 14.7 Å². The number of nitrogens with one attached hydrogen (secondary N) is 2. The molecular weight excluding hydrogens is 240 g/mol. The standard InChI is InChI=1S/C11H12N2O3S/c1-4-11(2,3)13-10(16)12-8-7(9(14)15)5-6-17-8/h1,5-6H,2-3H3,(H,14,15)(H2,12,13,16). The van der Waals surface area contributed by atoms with Gasteiger partial charge in [-0.25, -0.2) is 9.59 Å². The quantitative estimate of drug-likeness (QED) is 0.720. The fourth-order valence-corrected chi connectivity index (χ4v) is 1.80. The van der Waals surface area contributed by atoms with E-state index in [1.165, 1.54) is 6.07 Å². The SMILES string of the molecule is C#CC(C)(C)NC(=O)Nc1sccc1C(=O)O. The van der Waals surface area contributed by atoms with Gasteiger partial charge in [0, 0.05) is 0 Å². The second-order valence-corrected chi connectivity index (χ2v) is 4.73. The smallest absolute Gasteiger partial charge is 0.338 e. The lowest BCUT2D eigenvalue weighted by molar-refractivity contribution is 0.0698. The Kier molecular flexibility index (Phi) is 3.76. The minimum absolute atomic E-state index is 0.0589. The van der Waals surface area contributed by atoms with Crippen LogP contribution in [0.2, 0.25) is 0 Å². The van der Waals surface area contributed by atoms with Gasteiger partial charge in [-0.3, -0.25) is 5.32 Å². The van der Waals surface area contributed by atoms with Crippen molar-refractivity contribution in [1.29, 1.82) is 0 Å². The molecule has 5 nitrogen and oxygen atoms in total. The summed E-state index contributed by atoms with van der Waals surface area (Å²) in [5.74, 6) is 1.32. The number of carboxylic acids is 1. The van der Waals surface area contributed by atoms with Crippen molar-refractivity contribution in [2.45, 2.75) is 19.4 Å². The number of urea groups is 1. The lowest BCUT2D eigenvalue weighted by Crippen LogP contribution is -2.44. The number of thiophene rings is 1. The maximum absolute atomic E-state index is 11.6. The van der Waals surface area contributed by atoms with Gasteiger partial charge >= 0.3 is 12.0 Å². The summed E-state index contributed by atoms with van der Waals surface area (Å²) in [5, 5.41) is 15.7. The number of anilines is 1. The summed E-state index contributed by atoms with van der Waals surface area (Å²) >= 11 is 1.14. The number of carbonyl (C=O) groups excluding carboxylic acids is 1. The molecule has 0 aliphatic rings. The van der Waals surface area contributed by atoms with Gasteiger partial charge in [-0.15, -0.1) is 17.8 Å². The first-order valence-corrected chi connectivity index (χ1v) is 5.61. The van der Waals surface area contributed by atoms with Gasteiger partial charge in [-0.05, 0) is 25.3 Å². The van der Waals surface area contributed by atoms with E-state index in [4.69, 9.17) is 11.5 Å². The second kappa shape index (κ2) is 4.89. The van der Waals surface area contributed by atoms with Gasteiger partial charge in [0.05, 0.1) is 11.1 Å². The topological polar surface area (TPSA) is 78.4 Å². The van der Waals surface area contributed by atoms with E-state index in [-0.39, 0.29) is 10.6 Å². The zero-order valence-electron chi connectivity index (χ0n) is 9.40. The predicted octanol–water partition coefficient (Wildman–Crippen LogP) is 1.98. The van der Waals surface area contributed by atoms with Crippen molar-refractivity contribution in [3.8, 4) is 12.3 Å². The molecule has 0 aliphatic carbocycles. The van der Waals surface area contributed by atoms with Crippen LogP contribution in [0.15, 0.2) is 11.4 Å². The first-order valence-electron chi connectivity index (χ1n) is 4.73. The Hall–Kier alpha value is -2.00. The lowest BCUT2D eigenvalue weighted by Gasteiger charge is -2.19. The molecule has 1 aromatic rings. The second-order valence-electron chi connectivity index (χ2n) is 3.82. The van der Waals surface area contributed by atoms with Crippen molar-refractivity contribution in [1.82, 2.24) is 5.32 Å². The summed E-state index contributed by atoms with van der Waals surface area (Å²) in [6.45, 7) is 3.33. The fraction of sp³-hybridized carbons (Fsp3) is 0.273. The number of carbonyl (C=O) groups is 2. The molecular formula is C11H12N2O3S. The van der Waals surface area contributed by atoms with Crippen LogP contribution in [0.1, 0.15) is 24.2 Å². The van der Waals surface area contributed by atoms with Crippen LogP contribution in [0.3, 0.4) is 0 Å². The van der Waals surface area contributed by atoms with Crippen LogP contribution >= 0.6 is 11.3 Å². The Labute approximate surface area is 103 Å². The third-order valence-corrected chi connectivity index (χ3v) is 2.74. The van der Waals surface area contributed by atoms with E-state index in [0.717, 1.165) is 11.3 Å². The molecule has 0 spiro atoms. The number of rotatable bonds is 3. The molecule has 1 heterocycles. The molecule has 0 unspecified atom stereocenters. The van der Waals surface area contributed by atoms with Crippen LogP contribution < -0.4 is 10.6 Å². The predicted molar refractivity (Wildman–Crippen MR) is 66.3 cm³/mol. The zero-order valence-corrected chi connectivity index (χ0v) is 10.2.